The maximum absolute atomic E-state index is 12.9. The predicted molar refractivity (Wildman–Crippen MR) is 82.1 cm³/mol. The number of ether oxygens (including phenoxy) is 2. The molecule has 112 valence electrons. The molecule has 22 heavy (non-hydrogen) atoms. The van der Waals surface area contributed by atoms with Crippen molar-refractivity contribution in [3.63, 3.8) is 0 Å². The highest BCUT2D eigenvalue weighted by Crippen LogP contribution is 2.46. The van der Waals surface area contributed by atoms with Crippen molar-refractivity contribution < 1.29 is 14.3 Å². The van der Waals surface area contributed by atoms with Crippen LogP contribution in [0.25, 0.3) is 0 Å². The Morgan fingerprint density at radius 1 is 1.09 bits per heavy atom. The smallest absolute Gasteiger partial charge is 0.292 e. The zero-order valence-electron chi connectivity index (χ0n) is 12.0. The van der Waals surface area contributed by atoms with E-state index in [1.54, 1.807) is 17.0 Å². The zero-order valence-corrected chi connectivity index (χ0v) is 12.0. The number of hydrogen-bond acceptors (Lipinski definition) is 4. The standard InChI is InChI=1S/C17H16N2O3/c18-13-6-7-15-14(10-13)17(21-8-9-22-17)16(20)19(15)11-12-4-2-1-3-5-12/h1-7,10H,8-9,11,18H2. The minimum absolute atomic E-state index is 0.186. The molecule has 2 aromatic carbocycles. The number of carbonyl (C=O) groups is 1. The summed E-state index contributed by atoms with van der Waals surface area (Å²) in [6.07, 6.45) is 0. The summed E-state index contributed by atoms with van der Waals surface area (Å²) >= 11 is 0. The second-order valence-electron chi connectivity index (χ2n) is 5.47. The van der Waals surface area contributed by atoms with Gasteiger partial charge in [-0.3, -0.25) is 4.79 Å². The van der Waals surface area contributed by atoms with Crippen molar-refractivity contribution >= 4 is 17.3 Å². The van der Waals surface area contributed by atoms with Crippen LogP contribution in [0.1, 0.15) is 11.1 Å². The number of nitrogens with zero attached hydrogens (tertiary/aromatic N) is 1. The van der Waals surface area contributed by atoms with E-state index in [9.17, 15) is 4.79 Å². The van der Waals surface area contributed by atoms with Gasteiger partial charge in [-0.2, -0.15) is 0 Å². The summed E-state index contributed by atoms with van der Waals surface area (Å²) in [6.45, 7) is 1.28. The second kappa shape index (κ2) is 4.83. The van der Waals surface area contributed by atoms with E-state index in [1.807, 2.05) is 36.4 Å². The molecule has 2 aromatic rings. The first-order valence-corrected chi connectivity index (χ1v) is 7.24. The second-order valence-corrected chi connectivity index (χ2v) is 5.47. The summed E-state index contributed by atoms with van der Waals surface area (Å²) in [5.41, 5.74) is 9.02. The topological polar surface area (TPSA) is 64.8 Å². The summed E-state index contributed by atoms with van der Waals surface area (Å²) in [6, 6.07) is 15.3. The van der Waals surface area contributed by atoms with Gasteiger partial charge in [0.2, 0.25) is 0 Å². The lowest BCUT2D eigenvalue weighted by Gasteiger charge is -2.22. The van der Waals surface area contributed by atoms with Crippen LogP contribution >= 0.6 is 0 Å². The van der Waals surface area contributed by atoms with Crippen LogP contribution in [0, 0.1) is 0 Å². The van der Waals surface area contributed by atoms with E-state index in [2.05, 4.69) is 0 Å². The molecule has 2 heterocycles. The molecule has 2 aliphatic heterocycles. The van der Waals surface area contributed by atoms with Gasteiger partial charge in [0.1, 0.15) is 0 Å². The lowest BCUT2D eigenvalue weighted by Crippen LogP contribution is -2.40. The van der Waals surface area contributed by atoms with Crippen molar-refractivity contribution in [1.29, 1.82) is 0 Å². The molecule has 5 heteroatoms. The number of benzene rings is 2. The third-order valence-electron chi connectivity index (χ3n) is 4.07. The Balaban J connectivity index is 1.79. The van der Waals surface area contributed by atoms with Gasteiger partial charge in [0.15, 0.2) is 0 Å². The van der Waals surface area contributed by atoms with Crippen molar-refractivity contribution in [2.24, 2.45) is 0 Å². The highest BCUT2D eigenvalue weighted by atomic mass is 16.7. The number of rotatable bonds is 2. The molecule has 0 bridgehead atoms. The monoisotopic (exact) mass is 296 g/mol. The van der Waals surface area contributed by atoms with E-state index in [4.69, 9.17) is 15.2 Å². The van der Waals surface area contributed by atoms with Crippen molar-refractivity contribution in [3.05, 3.63) is 59.7 Å². The maximum Gasteiger partial charge on any atom is 0.292 e. The fourth-order valence-electron chi connectivity index (χ4n) is 3.07. The van der Waals surface area contributed by atoms with Crippen LogP contribution in [-0.4, -0.2) is 19.1 Å². The molecule has 1 spiro atoms. The van der Waals surface area contributed by atoms with Gasteiger partial charge in [-0.1, -0.05) is 30.3 Å². The largest absolute Gasteiger partial charge is 0.399 e. The Morgan fingerprint density at radius 2 is 1.82 bits per heavy atom. The van der Waals surface area contributed by atoms with Crippen molar-refractivity contribution in [3.8, 4) is 0 Å². The van der Waals surface area contributed by atoms with Gasteiger partial charge in [-0.05, 0) is 23.8 Å². The summed E-state index contributed by atoms with van der Waals surface area (Å²) in [7, 11) is 0. The molecule has 0 radical (unpaired) electrons. The van der Waals surface area contributed by atoms with Gasteiger partial charge in [0, 0.05) is 11.3 Å². The zero-order chi connectivity index (χ0) is 15.2. The number of amides is 1. The third-order valence-corrected chi connectivity index (χ3v) is 4.07. The maximum atomic E-state index is 12.9. The van der Waals surface area contributed by atoms with Gasteiger partial charge < -0.3 is 20.1 Å². The molecule has 2 N–H and O–H groups in total. The summed E-state index contributed by atoms with van der Waals surface area (Å²) in [5, 5.41) is 0. The van der Waals surface area contributed by atoms with Crippen LogP contribution in [0.5, 0.6) is 0 Å². The van der Waals surface area contributed by atoms with Crippen molar-refractivity contribution in [2.45, 2.75) is 12.3 Å². The minimum Gasteiger partial charge on any atom is -0.399 e. The average molecular weight is 296 g/mol. The van der Waals surface area contributed by atoms with E-state index in [-0.39, 0.29) is 5.91 Å². The van der Waals surface area contributed by atoms with E-state index >= 15 is 0 Å². The number of fused-ring (bicyclic) bond motifs is 2. The molecular weight excluding hydrogens is 280 g/mol. The number of anilines is 2. The predicted octanol–water partition coefficient (Wildman–Crippen LogP) is 2.02. The first-order valence-electron chi connectivity index (χ1n) is 7.24. The van der Waals surface area contributed by atoms with E-state index in [0.29, 0.717) is 31.0 Å². The summed E-state index contributed by atoms with van der Waals surface area (Å²) in [5.74, 6) is -1.51. The number of nitrogen functional groups attached to an aromatic ring is 1. The molecule has 0 aliphatic carbocycles. The number of hydrogen-bond donors (Lipinski definition) is 1. The minimum atomic E-state index is -1.32. The number of carbonyl (C=O) groups excluding carboxylic acids is 1. The molecule has 1 fully saturated rings. The van der Waals surface area contributed by atoms with Crippen molar-refractivity contribution in [1.82, 2.24) is 0 Å². The SMILES string of the molecule is Nc1ccc2c(c1)C1(OCCO1)C(=O)N2Cc1ccccc1. The lowest BCUT2D eigenvalue weighted by atomic mass is 10.1. The fourth-order valence-corrected chi connectivity index (χ4v) is 3.07. The molecule has 0 unspecified atom stereocenters. The van der Waals surface area contributed by atoms with Gasteiger partial charge in [-0.15, -0.1) is 0 Å². The highest BCUT2D eigenvalue weighted by Gasteiger charge is 2.56. The molecule has 0 aromatic heterocycles. The van der Waals surface area contributed by atoms with Crippen LogP contribution in [-0.2, 0) is 26.6 Å². The Bertz CT molecular complexity index is 724. The van der Waals surface area contributed by atoms with Crippen LogP contribution in [0.15, 0.2) is 48.5 Å². The van der Waals surface area contributed by atoms with Crippen molar-refractivity contribution in [2.75, 3.05) is 23.8 Å². The molecular formula is C17H16N2O3. The molecule has 5 nitrogen and oxygen atoms in total. The molecule has 1 amide bonds. The quantitative estimate of drug-likeness (QED) is 0.861. The molecule has 0 atom stereocenters. The third kappa shape index (κ3) is 1.83. The van der Waals surface area contributed by atoms with Crippen LogP contribution in [0.2, 0.25) is 0 Å². The number of nitrogens with two attached hydrogens (primary N) is 1. The Kier molecular flexibility index (Phi) is 2.92. The Morgan fingerprint density at radius 3 is 2.55 bits per heavy atom. The Hall–Kier alpha value is -2.37. The first-order chi connectivity index (χ1) is 10.7. The normalized spacial score (nSPS) is 18.9. The van der Waals surface area contributed by atoms with Crippen LogP contribution in [0.3, 0.4) is 0 Å². The molecule has 1 saturated heterocycles. The molecule has 2 aliphatic rings. The molecule has 4 rings (SSSR count). The highest BCUT2D eigenvalue weighted by molar-refractivity contribution is 6.06. The van der Waals surface area contributed by atoms with Gasteiger partial charge >= 0.3 is 0 Å². The van der Waals surface area contributed by atoms with Crippen LogP contribution in [0.4, 0.5) is 11.4 Å². The van der Waals surface area contributed by atoms with Gasteiger partial charge in [0.05, 0.1) is 25.4 Å². The fraction of sp³-hybridized carbons (Fsp3) is 0.235. The summed E-state index contributed by atoms with van der Waals surface area (Å²) < 4.78 is 11.4. The van der Waals surface area contributed by atoms with E-state index in [0.717, 1.165) is 11.3 Å². The first kappa shape index (κ1) is 13.3. The Labute approximate surface area is 128 Å². The van der Waals surface area contributed by atoms with Gasteiger partial charge in [0.25, 0.3) is 11.7 Å². The molecule has 0 saturated carbocycles. The van der Waals surface area contributed by atoms with Crippen LogP contribution < -0.4 is 10.6 Å². The average Bonchev–Trinajstić information content (AvgIpc) is 3.10. The lowest BCUT2D eigenvalue weighted by molar-refractivity contribution is -0.180. The van der Waals surface area contributed by atoms with E-state index in [1.165, 1.54) is 0 Å². The summed E-state index contributed by atoms with van der Waals surface area (Å²) in [4.78, 5) is 14.6. The van der Waals surface area contributed by atoms with Gasteiger partial charge in [-0.25, -0.2) is 0 Å². The van der Waals surface area contributed by atoms with E-state index < -0.39 is 5.79 Å².